The second kappa shape index (κ2) is 9.08. The smallest absolute Gasteiger partial charge is 0.136 e. The van der Waals surface area contributed by atoms with Gasteiger partial charge in [-0.3, -0.25) is 4.79 Å². The molecule has 2 unspecified atom stereocenters. The number of carbonyl (C=O) groups excluding carboxylic acids is 1. The number of rotatable bonds is 8. The topological polar surface area (TPSA) is 47.6 Å². The van der Waals surface area contributed by atoms with E-state index in [9.17, 15) is 4.79 Å². The number of ketones is 1. The van der Waals surface area contributed by atoms with Crippen LogP contribution in [0.4, 0.5) is 0 Å². The van der Waals surface area contributed by atoms with Crippen LogP contribution in [0.2, 0.25) is 0 Å². The SMILES string of the molecule is CC1(COCc2ccccc2)CC(=O)CC(COCc2ccccc2)N1. The van der Waals surface area contributed by atoms with Crippen molar-refractivity contribution in [3.05, 3.63) is 71.8 Å². The Morgan fingerprint density at radius 1 is 0.962 bits per heavy atom. The monoisotopic (exact) mass is 353 g/mol. The molecule has 0 bridgehead atoms. The zero-order valence-corrected chi connectivity index (χ0v) is 15.3. The molecular weight excluding hydrogens is 326 g/mol. The van der Waals surface area contributed by atoms with Gasteiger partial charge in [0.2, 0.25) is 0 Å². The second-order valence-electron chi connectivity index (χ2n) is 7.30. The van der Waals surface area contributed by atoms with Gasteiger partial charge in [-0.15, -0.1) is 0 Å². The van der Waals surface area contributed by atoms with E-state index in [1.165, 1.54) is 0 Å². The van der Waals surface area contributed by atoms with E-state index in [-0.39, 0.29) is 17.4 Å². The summed E-state index contributed by atoms with van der Waals surface area (Å²) in [6, 6.07) is 20.2. The largest absolute Gasteiger partial charge is 0.375 e. The summed E-state index contributed by atoms with van der Waals surface area (Å²) < 4.78 is 11.7. The quantitative estimate of drug-likeness (QED) is 0.789. The molecule has 1 aliphatic rings. The average Bonchev–Trinajstić information content (AvgIpc) is 2.63. The van der Waals surface area contributed by atoms with Crippen LogP contribution >= 0.6 is 0 Å². The van der Waals surface area contributed by atoms with E-state index in [2.05, 4.69) is 12.2 Å². The van der Waals surface area contributed by atoms with Gasteiger partial charge in [0.1, 0.15) is 5.78 Å². The van der Waals surface area contributed by atoms with Crippen LogP contribution in [0.3, 0.4) is 0 Å². The Morgan fingerprint density at radius 3 is 2.15 bits per heavy atom. The maximum Gasteiger partial charge on any atom is 0.136 e. The van der Waals surface area contributed by atoms with Gasteiger partial charge in [-0.2, -0.15) is 0 Å². The lowest BCUT2D eigenvalue weighted by Gasteiger charge is -2.38. The first-order valence-corrected chi connectivity index (χ1v) is 9.16. The summed E-state index contributed by atoms with van der Waals surface area (Å²) in [4.78, 5) is 12.2. The van der Waals surface area contributed by atoms with Gasteiger partial charge in [-0.25, -0.2) is 0 Å². The van der Waals surface area contributed by atoms with E-state index < -0.39 is 0 Å². The van der Waals surface area contributed by atoms with Crippen LogP contribution in [-0.4, -0.2) is 30.6 Å². The van der Waals surface area contributed by atoms with Gasteiger partial charge in [0.25, 0.3) is 0 Å². The molecule has 1 saturated heterocycles. The van der Waals surface area contributed by atoms with Gasteiger partial charge >= 0.3 is 0 Å². The van der Waals surface area contributed by atoms with Crippen LogP contribution in [0.25, 0.3) is 0 Å². The molecule has 2 aromatic rings. The third-order valence-electron chi connectivity index (χ3n) is 4.58. The van der Waals surface area contributed by atoms with Crippen molar-refractivity contribution in [2.75, 3.05) is 13.2 Å². The van der Waals surface area contributed by atoms with Crippen molar-refractivity contribution in [3.8, 4) is 0 Å². The molecule has 0 aliphatic carbocycles. The average molecular weight is 353 g/mol. The van der Waals surface area contributed by atoms with Gasteiger partial charge < -0.3 is 14.8 Å². The molecule has 0 aromatic heterocycles. The highest BCUT2D eigenvalue weighted by Crippen LogP contribution is 2.21. The zero-order chi connectivity index (χ0) is 18.2. The van der Waals surface area contributed by atoms with Crippen molar-refractivity contribution >= 4 is 5.78 Å². The number of ether oxygens (including phenoxy) is 2. The summed E-state index contributed by atoms with van der Waals surface area (Å²) in [6.45, 7) is 4.20. The predicted octanol–water partition coefficient (Wildman–Crippen LogP) is 3.50. The van der Waals surface area contributed by atoms with Crippen LogP contribution in [0.15, 0.2) is 60.7 Å². The standard InChI is InChI=1S/C22H27NO3/c1-22(17-26-15-19-10-6-3-7-11-19)13-21(24)12-20(23-22)16-25-14-18-8-4-2-5-9-18/h2-11,20,23H,12-17H2,1H3. The lowest BCUT2D eigenvalue weighted by atomic mass is 9.87. The molecule has 138 valence electrons. The number of carbonyl (C=O) groups is 1. The highest BCUT2D eigenvalue weighted by molar-refractivity contribution is 5.81. The number of nitrogens with one attached hydrogen (secondary N) is 1. The highest BCUT2D eigenvalue weighted by Gasteiger charge is 2.36. The minimum atomic E-state index is -0.342. The molecular formula is C22H27NO3. The summed E-state index contributed by atoms with van der Waals surface area (Å²) in [5.74, 6) is 0.267. The van der Waals surface area contributed by atoms with Gasteiger partial charge in [-0.05, 0) is 18.1 Å². The molecule has 2 atom stereocenters. The van der Waals surface area contributed by atoms with Crippen LogP contribution in [0.5, 0.6) is 0 Å². The van der Waals surface area contributed by atoms with Crippen molar-refractivity contribution in [1.82, 2.24) is 5.32 Å². The Balaban J connectivity index is 1.46. The number of Topliss-reactive ketones (excluding diaryl/α,β-unsaturated/α-hetero) is 1. The fourth-order valence-corrected chi connectivity index (χ4v) is 3.43. The minimum Gasteiger partial charge on any atom is -0.375 e. The summed E-state index contributed by atoms with van der Waals surface area (Å²) in [6.07, 6.45) is 1.01. The van der Waals surface area contributed by atoms with E-state index in [1.54, 1.807) is 0 Å². The third-order valence-corrected chi connectivity index (χ3v) is 4.58. The molecule has 0 radical (unpaired) electrons. The summed E-state index contributed by atoms with van der Waals surface area (Å²) in [7, 11) is 0. The molecule has 4 heteroatoms. The molecule has 0 amide bonds. The molecule has 1 heterocycles. The van der Waals surface area contributed by atoms with Crippen molar-refractivity contribution in [2.45, 2.75) is 44.6 Å². The molecule has 1 aliphatic heterocycles. The van der Waals surface area contributed by atoms with E-state index in [0.29, 0.717) is 39.3 Å². The first-order chi connectivity index (χ1) is 12.6. The number of hydrogen-bond acceptors (Lipinski definition) is 4. The number of piperidine rings is 1. The highest BCUT2D eigenvalue weighted by atomic mass is 16.5. The Bertz CT molecular complexity index is 689. The molecule has 2 aromatic carbocycles. The molecule has 4 nitrogen and oxygen atoms in total. The van der Waals surface area contributed by atoms with Gasteiger partial charge in [-0.1, -0.05) is 60.7 Å². The van der Waals surface area contributed by atoms with Crippen LogP contribution in [0, 0.1) is 0 Å². The lowest BCUT2D eigenvalue weighted by molar-refractivity contribution is -0.125. The molecule has 1 fully saturated rings. The van der Waals surface area contributed by atoms with Gasteiger partial charge in [0.05, 0.1) is 26.4 Å². The van der Waals surface area contributed by atoms with Crippen LogP contribution < -0.4 is 5.32 Å². The second-order valence-corrected chi connectivity index (χ2v) is 7.30. The third kappa shape index (κ3) is 5.77. The first kappa shape index (κ1) is 18.8. The number of benzene rings is 2. The normalized spacial score (nSPS) is 23.1. The lowest BCUT2D eigenvalue weighted by Crippen LogP contribution is -2.58. The maximum absolute atomic E-state index is 12.2. The summed E-state index contributed by atoms with van der Waals surface area (Å²) in [5, 5.41) is 3.56. The van der Waals surface area contributed by atoms with E-state index in [1.807, 2.05) is 60.7 Å². The maximum atomic E-state index is 12.2. The Hall–Kier alpha value is -2.01. The molecule has 3 rings (SSSR count). The van der Waals surface area contributed by atoms with Crippen LogP contribution in [-0.2, 0) is 27.5 Å². The van der Waals surface area contributed by atoms with Gasteiger partial charge in [0.15, 0.2) is 0 Å². The molecule has 0 spiro atoms. The van der Waals surface area contributed by atoms with E-state index in [0.717, 1.165) is 11.1 Å². The summed E-state index contributed by atoms with van der Waals surface area (Å²) >= 11 is 0. The Kier molecular flexibility index (Phi) is 6.56. The summed E-state index contributed by atoms with van der Waals surface area (Å²) in [5.41, 5.74) is 1.94. The fraction of sp³-hybridized carbons (Fsp3) is 0.409. The van der Waals surface area contributed by atoms with Crippen molar-refractivity contribution in [3.63, 3.8) is 0 Å². The van der Waals surface area contributed by atoms with E-state index in [4.69, 9.17) is 9.47 Å². The predicted molar refractivity (Wildman–Crippen MR) is 102 cm³/mol. The fourth-order valence-electron chi connectivity index (χ4n) is 3.43. The minimum absolute atomic E-state index is 0.0327. The molecule has 0 saturated carbocycles. The zero-order valence-electron chi connectivity index (χ0n) is 15.3. The Labute approximate surface area is 155 Å². The number of hydrogen-bond donors (Lipinski definition) is 1. The van der Waals surface area contributed by atoms with Crippen LogP contribution in [0.1, 0.15) is 30.9 Å². The van der Waals surface area contributed by atoms with Crippen molar-refractivity contribution in [1.29, 1.82) is 0 Å². The first-order valence-electron chi connectivity index (χ1n) is 9.16. The Morgan fingerprint density at radius 2 is 1.54 bits per heavy atom. The van der Waals surface area contributed by atoms with Crippen molar-refractivity contribution in [2.24, 2.45) is 0 Å². The van der Waals surface area contributed by atoms with Crippen molar-refractivity contribution < 1.29 is 14.3 Å². The van der Waals surface area contributed by atoms with E-state index >= 15 is 0 Å². The van der Waals surface area contributed by atoms with Gasteiger partial charge in [0, 0.05) is 24.4 Å². The molecule has 26 heavy (non-hydrogen) atoms. The molecule has 1 N–H and O–H groups in total.